The fourth-order valence-corrected chi connectivity index (χ4v) is 3.39. The van der Waals surface area contributed by atoms with Crippen LogP contribution in [0.5, 0.6) is 0 Å². The van der Waals surface area contributed by atoms with Gasteiger partial charge in [0, 0.05) is 22.9 Å². The summed E-state index contributed by atoms with van der Waals surface area (Å²) in [5.41, 5.74) is 2.22. The smallest absolute Gasteiger partial charge is 0.150 e. The Bertz CT molecular complexity index is 674. The summed E-state index contributed by atoms with van der Waals surface area (Å²) in [7, 11) is 0. The topological polar surface area (TPSA) is 29.1 Å². The molecule has 0 amide bonds. The van der Waals surface area contributed by atoms with Gasteiger partial charge in [0.05, 0.1) is 0 Å². The van der Waals surface area contributed by atoms with E-state index in [9.17, 15) is 9.18 Å². The molecular weight excluding hydrogens is 277 g/mol. The Kier molecular flexibility index (Phi) is 4.41. The molecule has 0 spiro atoms. The van der Waals surface area contributed by atoms with E-state index >= 15 is 0 Å². The van der Waals surface area contributed by atoms with Crippen molar-refractivity contribution < 1.29 is 9.18 Å². The van der Waals surface area contributed by atoms with Crippen molar-refractivity contribution in [2.75, 3.05) is 5.32 Å². The number of alkyl halides is 1. The maximum atomic E-state index is 13.6. The number of benzene rings is 2. The van der Waals surface area contributed by atoms with E-state index in [1.165, 1.54) is 12.8 Å². The van der Waals surface area contributed by atoms with Gasteiger partial charge >= 0.3 is 0 Å². The first-order valence-electron chi connectivity index (χ1n) is 8.04. The van der Waals surface area contributed by atoms with Crippen molar-refractivity contribution in [3.05, 3.63) is 41.5 Å². The summed E-state index contributed by atoms with van der Waals surface area (Å²) < 4.78 is 13.6. The molecule has 0 bridgehead atoms. The van der Waals surface area contributed by atoms with Crippen LogP contribution < -0.4 is 5.32 Å². The SMILES string of the molecule is C[C@H]1CC[C@@H](Nc2ccc3cc(C=O)ccc3c2CF)CC1. The van der Waals surface area contributed by atoms with E-state index < -0.39 is 6.67 Å². The Labute approximate surface area is 130 Å². The minimum absolute atomic E-state index is 0.438. The minimum atomic E-state index is -0.497. The Hall–Kier alpha value is -1.90. The predicted octanol–water partition coefficient (Wildman–Crippen LogP) is 5.11. The van der Waals surface area contributed by atoms with E-state index in [0.717, 1.165) is 41.5 Å². The third kappa shape index (κ3) is 2.99. The summed E-state index contributed by atoms with van der Waals surface area (Å²) >= 11 is 0. The van der Waals surface area contributed by atoms with Gasteiger partial charge in [-0.05, 0) is 54.5 Å². The van der Waals surface area contributed by atoms with Crippen LogP contribution in [0.1, 0.15) is 48.5 Å². The zero-order valence-electron chi connectivity index (χ0n) is 12.9. The molecule has 0 heterocycles. The average molecular weight is 299 g/mol. The van der Waals surface area contributed by atoms with Gasteiger partial charge in [-0.25, -0.2) is 4.39 Å². The number of halogens is 1. The van der Waals surface area contributed by atoms with Crippen LogP contribution in [0.15, 0.2) is 30.3 Å². The summed E-state index contributed by atoms with van der Waals surface area (Å²) in [4.78, 5) is 10.9. The molecule has 2 aromatic rings. The first-order chi connectivity index (χ1) is 10.7. The highest BCUT2D eigenvalue weighted by Gasteiger charge is 2.19. The van der Waals surface area contributed by atoms with E-state index in [0.29, 0.717) is 17.2 Å². The number of aldehydes is 1. The number of rotatable bonds is 4. The van der Waals surface area contributed by atoms with Crippen molar-refractivity contribution in [1.82, 2.24) is 0 Å². The van der Waals surface area contributed by atoms with Crippen molar-refractivity contribution in [2.24, 2.45) is 5.92 Å². The Morgan fingerprint density at radius 3 is 2.64 bits per heavy atom. The highest BCUT2D eigenvalue weighted by molar-refractivity contribution is 5.93. The Balaban J connectivity index is 1.91. The lowest BCUT2D eigenvalue weighted by Gasteiger charge is -2.28. The van der Waals surface area contributed by atoms with Gasteiger partial charge in [0.25, 0.3) is 0 Å². The molecule has 1 aliphatic rings. The zero-order valence-corrected chi connectivity index (χ0v) is 12.9. The van der Waals surface area contributed by atoms with Gasteiger partial charge in [-0.2, -0.15) is 0 Å². The number of hydrogen-bond acceptors (Lipinski definition) is 2. The highest BCUT2D eigenvalue weighted by Crippen LogP contribution is 2.31. The van der Waals surface area contributed by atoms with Crippen LogP contribution in [0.3, 0.4) is 0 Å². The largest absolute Gasteiger partial charge is 0.382 e. The lowest BCUT2D eigenvalue weighted by Crippen LogP contribution is -2.25. The molecule has 0 aliphatic heterocycles. The molecule has 0 saturated heterocycles. The quantitative estimate of drug-likeness (QED) is 0.795. The molecule has 0 atom stereocenters. The second-order valence-electron chi connectivity index (χ2n) is 6.42. The predicted molar refractivity (Wildman–Crippen MR) is 89.2 cm³/mol. The van der Waals surface area contributed by atoms with Gasteiger partial charge in [0.2, 0.25) is 0 Å². The molecule has 3 rings (SSSR count). The third-order valence-electron chi connectivity index (χ3n) is 4.80. The van der Waals surface area contributed by atoms with Crippen molar-refractivity contribution in [3.8, 4) is 0 Å². The number of nitrogens with one attached hydrogen (secondary N) is 1. The van der Waals surface area contributed by atoms with Gasteiger partial charge in [-0.1, -0.05) is 25.1 Å². The van der Waals surface area contributed by atoms with Crippen molar-refractivity contribution in [1.29, 1.82) is 0 Å². The minimum Gasteiger partial charge on any atom is -0.382 e. The molecule has 0 radical (unpaired) electrons. The maximum absolute atomic E-state index is 13.6. The fraction of sp³-hybridized carbons (Fsp3) is 0.421. The van der Waals surface area contributed by atoms with Crippen LogP contribution in [0.2, 0.25) is 0 Å². The molecule has 1 N–H and O–H groups in total. The first-order valence-corrected chi connectivity index (χ1v) is 8.04. The van der Waals surface area contributed by atoms with E-state index in [-0.39, 0.29) is 0 Å². The van der Waals surface area contributed by atoms with Gasteiger partial charge in [-0.3, -0.25) is 4.79 Å². The summed E-state index contributed by atoms with van der Waals surface area (Å²) in [6.07, 6.45) is 5.59. The second-order valence-corrected chi connectivity index (χ2v) is 6.42. The van der Waals surface area contributed by atoms with Crippen molar-refractivity contribution >= 4 is 22.7 Å². The number of hydrogen-bond donors (Lipinski definition) is 1. The molecule has 22 heavy (non-hydrogen) atoms. The Morgan fingerprint density at radius 1 is 1.18 bits per heavy atom. The lowest BCUT2D eigenvalue weighted by molar-refractivity contribution is 0.112. The van der Waals surface area contributed by atoms with E-state index in [1.54, 1.807) is 6.07 Å². The summed E-state index contributed by atoms with van der Waals surface area (Å²) in [5, 5.41) is 5.34. The van der Waals surface area contributed by atoms with Crippen molar-refractivity contribution in [2.45, 2.75) is 45.3 Å². The van der Waals surface area contributed by atoms with Gasteiger partial charge < -0.3 is 5.32 Å². The number of carbonyl (C=O) groups is 1. The molecule has 1 fully saturated rings. The van der Waals surface area contributed by atoms with Gasteiger partial charge in [-0.15, -0.1) is 0 Å². The standard InChI is InChI=1S/C19H22FNO/c1-13-2-6-16(7-3-13)21-19-9-5-15-10-14(12-22)4-8-17(15)18(19)11-20/h4-5,8-10,12-13,16,21H,2-3,6-7,11H2,1H3/t13-,16+. The van der Waals surface area contributed by atoms with Crippen LogP contribution in [-0.2, 0) is 6.67 Å². The highest BCUT2D eigenvalue weighted by atomic mass is 19.1. The molecule has 2 nitrogen and oxygen atoms in total. The molecule has 0 aromatic heterocycles. The lowest BCUT2D eigenvalue weighted by atomic mass is 9.87. The van der Waals surface area contributed by atoms with Crippen LogP contribution in [0.25, 0.3) is 10.8 Å². The molecular formula is C19H22FNO. The third-order valence-corrected chi connectivity index (χ3v) is 4.80. The van der Waals surface area contributed by atoms with Gasteiger partial charge in [0.15, 0.2) is 0 Å². The van der Waals surface area contributed by atoms with Crippen LogP contribution >= 0.6 is 0 Å². The monoisotopic (exact) mass is 299 g/mol. The van der Waals surface area contributed by atoms with Gasteiger partial charge in [0.1, 0.15) is 13.0 Å². The van der Waals surface area contributed by atoms with E-state index in [1.807, 2.05) is 24.3 Å². The molecule has 116 valence electrons. The summed E-state index contributed by atoms with van der Waals surface area (Å²) in [5.74, 6) is 0.803. The molecule has 1 saturated carbocycles. The zero-order chi connectivity index (χ0) is 15.5. The normalized spacial score (nSPS) is 21.7. The Morgan fingerprint density at radius 2 is 1.95 bits per heavy atom. The molecule has 2 aromatic carbocycles. The maximum Gasteiger partial charge on any atom is 0.150 e. The number of carbonyl (C=O) groups excluding carboxylic acids is 1. The number of fused-ring (bicyclic) bond motifs is 1. The van der Waals surface area contributed by atoms with E-state index in [4.69, 9.17) is 0 Å². The molecule has 1 aliphatic carbocycles. The van der Waals surface area contributed by atoms with Crippen LogP contribution in [-0.4, -0.2) is 12.3 Å². The fourth-order valence-electron chi connectivity index (χ4n) is 3.39. The van der Waals surface area contributed by atoms with Crippen LogP contribution in [0, 0.1) is 5.92 Å². The second kappa shape index (κ2) is 6.47. The number of anilines is 1. The molecule has 0 unspecified atom stereocenters. The van der Waals surface area contributed by atoms with E-state index in [2.05, 4.69) is 12.2 Å². The van der Waals surface area contributed by atoms with Crippen molar-refractivity contribution in [3.63, 3.8) is 0 Å². The summed E-state index contributed by atoms with van der Waals surface area (Å²) in [6, 6.07) is 9.77. The first kappa shape index (κ1) is 15.0. The molecule has 3 heteroatoms. The van der Waals surface area contributed by atoms with Crippen LogP contribution in [0.4, 0.5) is 10.1 Å². The average Bonchev–Trinajstić information content (AvgIpc) is 2.56. The summed E-state index contributed by atoms with van der Waals surface area (Å²) in [6.45, 7) is 1.80.